The van der Waals surface area contributed by atoms with E-state index >= 15 is 0 Å². The van der Waals surface area contributed by atoms with Crippen LogP contribution in [0.15, 0.2) is 24.3 Å². The van der Waals surface area contributed by atoms with E-state index in [-0.39, 0.29) is 17.4 Å². The van der Waals surface area contributed by atoms with Crippen LogP contribution in [-0.4, -0.2) is 30.1 Å². The first-order valence-electron chi connectivity index (χ1n) is 10.2. The first kappa shape index (κ1) is 22.1. The molecule has 2 unspecified atom stereocenters. The minimum absolute atomic E-state index is 0.127. The van der Waals surface area contributed by atoms with Gasteiger partial charge in [-0.15, -0.1) is 0 Å². The van der Waals surface area contributed by atoms with E-state index in [4.69, 9.17) is 4.74 Å². The summed E-state index contributed by atoms with van der Waals surface area (Å²) in [6.07, 6.45) is 3.13. The lowest BCUT2D eigenvalue weighted by atomic mass is 9.70. The number of urea groups is 1. The van der Waals surface area contributed by atoms with Crippen LogP contribution in [0.3, 0.4) is 0 Å². The molecule has 1 aliphatic rings. The van der Waals surface area contributed by atoms with Gasteiger partial charge in [-0.05, 0) is 49.7 Å². The number of benzene rings is 1. The van der Waals surface area contributed by atoms with Gasteiger partial charge in [-0.2, -0.15) is 0 Å². The summed E-state index contributed by atoms with van der Waals surface area (Å²) >= 11 is 1.18. The molecule has 1 saturated carbocycles. The predicted octanol–water partition coefficient (Wildman–Crippen LogP) is 5.05. The molecule has 162 valence electrons. The van der Waals surface area contributed by atoms with Crippen LogP contribution in [0, 0.1) is 18.3 Å². The van der Waals surface area contributed by atoms with Crippen molar-refractivity contribution in [3.05, 3.63) is 34.8 Å². The van der Waals surface area contributed by atoms with Crippen molar-refractivity contribution in [3.63, 3.8) is 0 Å². The summed E-state index contributed by atoms with van der Waals surface area (Å²) in [6.45, 7) is 8.52. The third kappa shape index (κ3) is 5.50. The number of thiazole rings is 1. The third-order valence-corrected chi connectivity index (χ3v) is 6.37. The maximum absolute atomic E-state index is 12.8. The molecule has 3 rings (SSSR count). The molecule has 3 N–H and O–H groups in total. The lowest BCUT2D eigenvalue weighted by molar-refractivity contribution is 0.0877. The van der Waals surface area contributed by atoms with Crippen molar-refractivity contribution in [1.29, 1.82) is 0 Å². The Labute approximate surface area is 181 Å². The molecule has 2 aromatic rings. The molecule has 3 amide bonds. The maximum atomic E-state index is 12.8. The van der Waals surface area contributed by atoms with Crippen molar-refractivity contribution in [2.45, 2.75) is 53.0 Å². The van der Waals surface area contributed by atoms with Gasteiger partial charge < -0.3 is 15.4 Å². The normalized spacial score (nSPS) is 20.3. The van der Waals surface area contributed by atoms with E-state index in [0.717, 1.165) is 12.8 Å². The van der Waals surface area contributed by atoms with Crippen LogP contribution in [0.4, 0.5) is 15.6 Å². The Bertz CT molecular complexity index is 925. The highest BCUT2D eigenvalue weighted by atomic mass is 32.1. The van der Waals surface area contributed by atoms with Gasteiger partial charge in [0.2, 0.25) is 0 Å². The van der Waals surface area contributed by atoms with Crippen LogP contribution in [0.1, 0.15) is 55.4 Å². The Balaban J connectivity index is 1.63. The molecule has 1 aromatic carbocycles. The lowest BCUT2D eigenvalue weighted by Gasteiger charge is -2.39. The van der Waals surface area contributed by atoms with Crippen molar-refractivity contribution in [2.75, 3.05) is 17.7 Å². The smallest absolute Gasteiger partial charge is 0.325 e. The highest BCUT2D eigenvalue weighted by Crippen LogP contribution is 2.38. The van der Waals surface area contributed by atoms with Gasteiger partial charge in [-0.1, -0.05) is 44.2 Å². The Morgan fingerprint density at radius 3 is 2.63 bits per heavy atom. The molecule has 1 fully saturated rings. The molecule has 0 spiro atoms. The van der Waals surface area contributed by atoms with Crippen molar-refractivity contribution < 1.29 is 14.3 Å². The van der Waals surface area contributed by atoms with Gasteiger partial charge in [0.1, 0.15) is 10.6 Å². The van der Waals surface area contributed by atoms with E-state index < -0.39 is 6.03 Å². The number of hydrogen-bond donors (Lipinski definition) is 3. The number of nitrogens with zero attached hydrogens (tertiary/aromatic N) is 1. The van der Waals surface area contributed by atoms with Crippen LogP contribution in [0.2, 0.25) is 0 Å². The first-order valence-corrected chi connectivity index (χ1v) is 11.0. The molecule has 1 heterocycles. The van der Waals surface area contributed by atoms with E-state index in [2.05, 4.69) is 41.7 Å². The summed E-state index contributed by atoms with van der Waals surface area (Å²) in [5.74, 6) is 1.02. The van der Waals surface area contributed by atoms with Gasteiger partial charge in [0.15, 0.2) is 5.13 Å². The van der Waals surface area contributed by atoms with Crippen molar-refractivity contribution in [2.24, 2.45) is 11.3 Å². The molecule has 0 aliphatic heterocycles. The van der Waals surface area contributed by atoms with Crippen molar-refractivity contribution in [1.82, 2.24) is 10.3 Å². The van der Waals surface area contributed by atoms with Gasteiger partial charge in [-0.25, -0.2) is 9.78 Å². The quantitative estimate of drug-likeness (QED) is 0.619. The highest BCUT2D eigenvalue weighted by Gasteiger charge is 2.33. The Hall–Kier alpha value is -2.61. The number of anilines is 2. The summed E-state index contributed by atoms with van der Waals surface area (Å²) in [5.41, 5.74) is 1.38. The monoisotopic (exact) mass is 430 g/mol. The van der Waals surface area contributed by atoms with Crippen LogP contribution < -0.4 is 20.7 Å². The molecule has 0 saturated heterocycles. The highest BCUT2D eigenvalue weighted by molar-refractivity contribution is 7.17. The average molecular weight is 431 g/mol. The van der Waals surface area contributed by atoms with E-state index in [9.17, 15) is 9.59 Å². The largest absolute Gasteiger partial charge is 0.495 e. The SMILES string of the molecule is COc1ccccc1NC(=O)Nc1nc(C)c(C(=O)NC2CC(C)CC(C)(C)C2)s1. The number of carbonyl (C=O) groups excluding carboxylic acids is 2. The van der Waals surface area contributed by atoms with Gasteiger partial charge in [-0.3, -0.25) is 10.1 Å². The number of amides is 3. The van der Waals surface area contributed by atoms with Gasteiger partial charge in [0.05, 0.1) is 18.5 Å². The second-order valence-electron chi connectivity index (χ2n) is 8.80. The van der Waals surface area contributed by atoms with Gasteiger partial charge in [0, 0.05) is 6.04 Å². The number of carbonyl (C=O) groups is 2. The summed E-state index contributed by atoms with van der Waals surface area (Å²) in [7, 11) is 1.54. The molecule has 2 atom stereocenters. The number of nitrogens with one attached hydrogen (secondary N) is 3. The topological polar surface area (TPSA) is 92.3 Å². The summed E-state index contributed by atoms with van der Waals surface area (Å²) in [5, 5.41) is 8.99. The second kappa shape index (κ2) is 9.04. The molecule has 7 nitrogen and oxygen atoms in total. The van der Waals surface area contributed by atoms with Gasteiger partial charge >= 0.3 is 6.03 Å². The van der Waals surface area contributed by atoms with Crippen LogP contribution in [0.25, 0.3) is 0 Å². The maximum Gasteiger partial charge on any atom is 0.325 e. The fourth-order valence-corrected chi connectivity index (χ4v) is 5.23. The molecule has 1 aliphatic carbocycles. The number of rotatable bonds is 5. The zero-order valence-electron chi connectivity index (χ0n) is 18.2. The van der Waals surface area contributed by atoms with Crippen LogP contribution in [0.5, 0.6) is 5.75 Å². The second-order valence-corrected chi connectivity index (χ2v) is 9.80. The Morgan fingerprint density at radius 2 is 1.93 bits per heavy atom. The standard InChI is InChI=1S/C22H30N4O3S/c1-13-10-15(12-22(3,4)11-13)24-19(27)18-14(2)23-21(30-18)26-20(28)25-16-8-6-7-9-17(16)29-5/h6-9,13,15H,10-12H2,1-5H3,(H,24,27)(H2,23,25,26,28). The van der Waals surface area contributed by atoms with E-state index in [1.165, 1.54) is 17.8 Å². The lowest BCUT2D eigenvalue weighted by Crippen LogP contribution is -2.42. The predicted molar refractivity (Wildman–Crippen MR) is 121 cm³/mol. The zero-order valence-corrected chi connectivity index (χ0v) is 19.0. The number of aromatic nitrogens is 1. The molecular formula is C22H30N4O3S. The fraction of sp³-hybridized carbons (Fsp3) is 0.500. The number of hydrogen-bond acceptors (Lipinski definition) is 5. The molecule has 0 radical (unpaired) electrons. The first-order chi connectivity index (χ1) is 14.2. The van der Waals surface area contributed by atoms with Crippen LogP contribution >= 0.6 is 11.3 Å². The zero-order chi connectivity index (χ0) is 21.9. The van der Waals surface area contributed by atoms with Crippen molar-refractivity contribution >= 4 is 34.1 Å². The van der Waals surface area contributed by atoms with Crippen LogP contribution in [-0.2, 0) is 0 Å². The number of para-hydroxylation sites is 2. The minimum atomic E-state index is -0.442. The Kier molecular flexibility index (Phi) is 6.65. The number of methoxy groups -OCH3 is 1. The minimum Gasteiger partial charge on any atom is -0.495 e. The van der Waals surface area contributed by atoms with Gasteiger partial charge in [0.25, 0.3) is 5.91 Å². The van der Waals surface area contributed by atoms with E-state index in [1.54, 1.807) is 26.2 Å². The third-order valence-electron chi connectivity index (χ3n) is 5.30. The fourth-order valence-electron chi connectivity index (χ4n) is 4.37. The molecular weight excluding hydrogens is 400 g/mol. The Morgan fingerprint density at radius 1 is 1.20 bits per heavy atom. The molecule has 30 heavy (non-hydrogen) atoms. The molecule has 1 aromatic heterocycles. The molecule has 0 bridgehead atoms. The summed E-state index contributed by atoms with van der Waals surface area (Å²) < 4.78 is 5.24. The average Bonchev–Trinajstić information content (AvgIpc) is 3.00. The molecule has 8 heteroatoms. The summed E-state index contributed by atoms with van der Waals surface area (Å²) in [4.78, 5) is 30.1. The van der Waals surface area contributed by atoms with Crippen molar-refractivity contribution in [3.8, 4) is 5.75 Å². The number of aryl methyl sites for hydroxylation is 1. The van der Waals surface area contributed by atoms with E-state index in [1.807, 2.05) is 12.1 Å². The van der Waals surface area contributed by atoms with E-state index in [0.29, 0.717) is 33.1 Å². The number of ether oxygens (including phenoxy) is 1. The summed E-state index contributed by atoms with van der Waals surface area (Å²) in [6, 6.07) is 6.86.